The standard InChI is InChI=1S/C26H25N7/c1-32-9-11-33(12-10-32)25-15-20(6-8-28-25)31-21-14-22-23(17-30-26(22)29-16-21)18-4-5-24-19(13-18)3-2-7-27-24/h2-8,13-17H,9-12H2,1H3,(H,28,31)(H,29,30). The molecule has 0 spiro atoms. The molecule has 2 N–H and O–H groups in total. The fourth-order valence-corrected chi connectivity index (χ4v) is 4.43. The van der Waals surface area contributed by atoms with Gasteiger partial charge < -0.3 is 20.1 Å². The van der Waals surface area contributed by atoms with E-state index < -0.39 is 0 Å². The zero-order valence-electron chi connectivity index (χ0n) is 18.5. The van der Waals surface area contributed by atoms with Gasteiger partial charge in [0, 0.05) is 72.9 Å². The van der Waals surface area contributed by atoms with Crippen LogP contribution < -0.4 is 10.2 Å². The average Bonchev–Trinajstić information content (AvgIpc) is 3.28. The predicted octanol–water partition coefficient (Wildman–Crippen LogP) is 4.67. The first-order valence-electron chi connectivity index (χ1n) is 11.2. The second-order valence-electron chi connectivity index (χ2n) is 8.55. The third-order valence-electron chi connectivity index (χ3n) is 6.31. The third kappa shape index (κ3) is 3.87. The van der Waals surface area contributed by atoms with Crippen LogP contribution in [0.2, 0.25) is 0 Å². The maximum Gasteiger partial charge on any atom is 0.138 e. The molecule has 5 heterocycles. The Kier molecular flexibility index (Phi) is 4.88. The summed E-state index contributed by atoms with van der Waals surface area (Å²) in [5, 5.41) is 5.72. The third-order valence-corrected chi connectivity index (χ3v) is 6.31. The minimum absolute atomic E-state index is 0.870. The van der Waals surface area contributed by atoms with E-state index in [9.17, 15) is 0 Å². The lowest BCUT2D eigenvalue weighted by Gasteiger charge is -2.33. The number of hydrogen-bond donors (Lipinski definition) is 2. The largest absolute Gasteiger partial charge is 0.354 e. The minimum atomic E-state index is 0.870. The highest BCUT2D eigenvalue weighted by atomic mass is 15.3. The molecular formula is C26H25N7. The number of pyridine rings is 3. The van der Waals surface area contributed by atoms with Crippen LogP contribution in [0.4, 0.5) is 17.2 Å². The molecule has 1 aliphatic rings. The number of piperazine rings is 1. The summed E-state index contributed by atoms with van der Waals surface area (Å²) in [6.07, 6.45) is 7.58. The summed E-state index contributed by atoms with van der Waals surface area (Å²) < 4.78 is 0. The van der Waals surface area contributed by atoms with Crippen LogP contribution in [0.3, 0.4) is 0 Å². The van der Waals surface area contributed by atoms with Gasteiger partial charge in [-0.2, -0.15) is 0 Å². The molecule has 1 fully saturated rings. The van der Waals surface area contributed by atoms with E-state index in [-0.39, 0.29) is 0 Å². The van der Waals surface area contributed by atoms with Crippen molar-refractivity contribution in [3.05, 3.63) is 73.3 Å². The van der Waals surface area contributed by atoms with Gasteiger partial charge in [-0.15, -0.1) is 0 Å². The number of H-pyrrole nitrogens is 1. The van der Waals surface area contributed by atoms with E-state index in [1.54, 1.807) is 0 Å². The molecule has 1 aromatic carbocycles. The number of hydrogen-bond acceptors (Lipinski definition) is 6. The summed E-state index contributed by atoms with van der Waals surface area (Å²) in [6.45, 7) is 4.10. The van der Waals surface area contributed by atoms with Gasteiger partial charge in [-0.05, 0) is 42.9 Å². The molecule has 5 aromatic rings. The molecule has 0 amide bonds. The topological polar surface area (TPSA) is 73.0 Å². The summed E-state index contributed by atoms with van der Waals surface area (Å²) in [5.74, 6) is 1.01. The number of nitrogens with zero attached hydrogens (tertiary/aromatic N) is 5. The van der Waals surface area contributed by atoms with Crippen LogP contribution in [-0.2, 0) is 0 Å². The second kappa shape index (κ2) is 8.18. The Morgan fingerprint density at radius 3 is 2.70 bits per heavy atom. The average molecular weight is 436 g/mol. The maximum absolute atomic E-state index is 4.64. The predicted molar refractivity (Wildman–Crippen MR) is 134 cm³/mol. The van der Waals surface area contributed by atoms with E-state index in [2.05, 4.69) is 78.5 Å². The van der Waals surface area contributed by atoms with Gasteiger partial charge in [0.1, 0.15) is 11.5 Å². The SMILES string of the molecule is CN1CCN(c2cc(Nc3cnc4[nH]cc(-c5ccc6ncccc6c5)c4c3)ccn2)CC1. The Balaban J connectivity index is 1.30. The Hall–Kier alpha value is -3.97. The van der Waals surface area contributed by atoms with Gasteiger partial charge in [0.25, 0.3) is 0 Å². The van der Waals surface area contributed by atoms with Crippen LogP contribution in [0.25, 0.3) is 33.1 Å². The number of nitrogens with one attached hydrogen (secondary N) is 2. The van der Waals surface area contributed by atoms with Crippen LogP contribution >= 0.6 is 0 Å². The summed E-state index contributed by atoms with van der Waals surface area (Å²) in [4.78, 5) is 21.7. The van der Waals surface area contributed by atoms with E-state index in [1.165, 1.54) is 0 Å². The highest BCUT2D eigenvalue weighted by Gasteiger charge is 2.16. The van der Waals surface area contributed by atoms with Crippen molar-refractivity contribution in [1.29, 1.82) is 0 Å². The zero-order valence-corrected chi connectivity index (χ0v) is 18.5. The summed E-state index contributed by atoms with van der Waals surface area (Å²) >= 11 is 0. The number of likely N-dealkylation sites (N-methyl/N-ethyl adjacent to an activating group) is 1. The fourth-order valence-electron chi connectivity index (χ4n) is 4.43. The smallest absolute Gasteiger partial charge is 0.138 e. The number of aromatic amines is 1. The zero-order chi connectivity index (χ0) is 22.2. The van der Waals surface area contributed by atoms with Crippen molar-refractivity contribution in [3.63, 3.8) is 0 Å². The van der Waals surface area contributed by atoms with Gasteiger partial charge in [-0.1, -0.05) is 12.1 Å². The number of benzene rings is 1. The normalized spacial score (nSPS) is 14.8. The first-order chi connectivity index (χ1) is 16.2. The van der Waals surface area contributed by atoms with Gasteiger partial charge >= 0.3 is 0 Å². The van der Waals surface area contributed by atoms with Gasteiger partial charge in [0.05, 0.1) is 17.4 Å². The minimum Gasteiger partial charge on any atom is -0.354 e. The molecule has 4 aromatic heterocycles. The highest BCUT2D eigenvalue weighted by Crippen LogP contribution is 2.32. The van der Waals surface area contributed by atoms with Crippen molar-refractivity contribution >= 4 is 39.1 Å². The number of fused-ring (bicyclic) bond motifs is 2. The van der Waals surface area contributed by atoms with Crippen LogP contribution in [-0.4, -0.2) is 58.1 Å². The number of anilines is 3. The first-order valence-corrected chi connectivity index (χ1v) is 11.2. The van der Waals surface area contributed by atoms with E-state index in [0.29, 0.717) is 0 Å². The van der Waals surface area contributed by atoms with Crippen LogP contribution in [0.5, 0.6) is 0 Å². The quantitative estimate of drug-likeness (QED) is 0.427. The highest BCUT2D eigenvalue weighted by molar-refractivity contribution is 5.97. The van der Waals surface area contributed by atoms with Gasteiger partial charge in [-0.3, -0.25) is 4.98 Å². The molecule has 0 atom stereocenters. The Morgan fingerprint density at radius 1 is 0.879 bits per heavy atom. The molecule has 164 valence electrons. The first kappa shape index (κ1) is 19.7. The van der Waals surface area contributed by atoms with E-state index in [0.717, 1.165) is 76.4 Å². The van der Waals surface area contributed by atoms with Crippen molar-refractivity contribution in [2.75, 3.05) is 43.4 Å². The van der Waals surface area contributed by atoms with Crippen molar-refractivity contribution < 1.29 is 0 Å². The molecule has 7 nitrogen and oxygen atoms in total. The number of rotatable bonds is 4. The molecule has 1 aliphatic heterocycles. The van der Waals surface area contributed by atoms with Crippen LogP contribution in [0, 0.1) is 0 Å². The lowest BCUT2D eigenvalue weighted by atomic mass is 10.0. The Labute approximate surface area is 192 Å². The molecule has 1 saturated heterocycles. The Morgan fingerprint density at radius 2 is 1.79 bits per heavy atom. The maximum atomic E-state index is 4.64. The molecule has 0 bridgehead atoms. The molecular weight excluding hydrogens is 410 g/mol. The number of aromatic nitrogens is 4. The van der Waals surface area contributed by atoms with E-state index in [4.69, 9.17) is 0 Å². The summed E-state index contributed by atoms with van der Waals surface area (Å²) in [5.41, 5.74) is 6.09. The second-order valence-corrected chi connectivity index (χ2v) is 8.55. The lowest BCUT2D eigenvalue weighted by molar-refractivity contribution is 0.312. The monoisotopic (exact) mass is 435 g/mol. The fraction of sp³-hybridized carbons (Fsp3) is 0.192. The van der Waals surface area contributed by atoms with Gasteiger partial charge in [0.2, 0.25) is 0 Å². The van der Waals surface area contributed by atoms with Crippen molar-refractivity contribution in [1.82, 2.24) is 24.8 Å². The van der Waals surface area contributed by atoms with Crippen molar-refractivity contribution in [2.45, 2.75) is 0 Å². The van der Waals surface area contributed by atoms with Crippen LogP contribution in [0.1, 0.15) is 0 Å². The van der Waals surface area contributed by atoms with Crippen molar-refractivity contribution in [2.24, 2.45) is 0 Å². The van der Waals surface area contributed by atoms with Crippen molar-refractivity contribution in [3.8, 4) is 11.1 Å². The molecule has 0 radical (unpaired) electrons. The molecule has 6 rings (SSSR count). The van der Waals surface area contributed by atoms with Crippen LogP contribution in [0.15, 0.2) is 73.3 Å². The summed E-state index contributed by atoms with van der Waals surface area (Å²) in [7, 11) is 2.16. The van der Waals surface area contributed by atoms with E-state index >= 15 is 0 Å². The molecule has 7 heteroatoms. The lowest BCUT2D eigenvalue weighted by Crippen LogP contribution is -2.44. The van der Waals surface area contributed by atoms with Gasteiger partial charge in [-0.25, -0.2) is 9.97 Å². The molecule has 0 aliphatic carbocycles. The Bertz CT molecular complexity index is 1430. The molecule has 0 unspecified atom stereocenters. The van der Waals surface area contributed by atoms with Gasteiger partial charge in [0.15, 0.2) is 0 Å². The van der Waals surface area contributed by atoms with E-state index in [1.807, 2.05) is 36.9 Å². The molecule has 0 saturated carbocycles. The molecule has 33 heavy (non-hydrogen) atoms. The summed E-state index contributed by atoms with van der Waals surface area (Å²) in [6, 6.07) is 16.7.